The van der Waals surface area contributed by atoms with E-state index in [0.717, 1.165) is 30.0 Å². The molecule has 1 fully saturated rings. The van der Waals surface area contributed by atoms with Gasteiger partial charge in [-0.25, -0.2) is 0 Å². The summed E-state index contributed by atoms with van der Waals surface area (Å²) in [5.74, 6) is 0.827. The second-order valence-corrected chi connectivity index (χ2v) is 5.13. The van der Waals surface area contributed by atoms with E-state index in [0.29, 0.717) is 6.04 Å². The van der Waals surface area contributed by atoms with Crippen molar-refractivity contribution in [1.29, 1.82) is 0 Å². The lowest BCUT2D eigenvalue weighted by atomic mass is 9.92. The molecule has 1 aliphatic rings. The first-order valence-corrected chi connectivity index (χ1v) is 5.70. The van der Waals surface area contributed by atoms with Gasteiger partial charge in [0, 0.05) is 23.6 Å². The highest BCUT2D eigenvalue weighted by atomic mass is 79.9. The zero-order valence-corrected chi connectivity index (χ0v) is 9.89. The van der Waals surface area contributed by atoms with E-state index >= 15 is 0 Å². The van der Waals surface area contributed by atoms with Gasteiger partial charge in [-0.1, -0.05) is 29.4 Å². The predicted molar refractivity (Wildman–Crippen MR) is 60.9 cm³/mol. The molecule has 1 heterocycles. The summed E-state index contributed by atoms with van der Waals surface area (Å²) < 4.78 is 1.06. The molecular formula is C10H19BrN2. The number of nitrogens with two attached hydrogens (primary N) is 1. The van der Waals surface area contributed by atoms with Gasteiger partial charge < -0.3 is 5.73 Å². The van der Waals surface area contributed by atoms with Gasteiger partial charge in [-0.15, -0.1) is 0 Å². The molecule has 0 aliphatic carbocycles. The van der Waals surface area contributed by atoms with Gasteiger partial charge in [-0.05, 0) is 25.3 Å². The van der Waals surface area contributed by atoms with Crippen LogP contribution in [0.2, 0.25) is 0 Å². The lowest BCUT2D eigenvalue weighted by molar-refractivity contribution is 0.136. The second kappa shape index (κ2) is 5.13. The first kappa shape index (κ1) is 11.2. The third-order valence-corrected chi connectivity index (χ3v) is 3.00. The Morgan fingerprint density at radius 1 is 1.69 bits per heavy atom. The van der Waals surface area contributed by atoms with Crippen LogP contribution in [0.1, 0.15) is 19.8 Å². The number of piperidine rings is 1. The number of likely N-dealkylation sites (tertiary alicyclic amines) is 1. The molecule has 0 bridgehead atoms. The van der Waals surface area contributed by atoms with Gasteiger partial charge in [0.25, 0.3) is 0 Å². The molecule has 0 aromatic rings. The SMILES string of the molecule is C=C(Br)CN1CCC(C)CC1CN. The summed E-state index contributed by atoms with van der Waals surface area (Å²) in [5, 5.41) is 0. The molecular weight excluding hydrogens is 228 g/mol. The number of hydrogen-bond donors (Lipinski definition) is 1. The van der Waals surface area contributed by atoms with Crippen molar-refractivity contribution < 1.29 is 0 Å². The first-order chi connectivity index (χ1) is 6.13. The standard InChI is InChI=1S/C10H19BrN2/c1-8-3-4-13(7-9(2)11)10(5-8)6-12/h8,10H,2-7,12H2,1H3. The summed E-state index contributed by atoms with van der Waals surface area (Å²) in [6, 6.07) is 0.554. The van der Waals surface area contributed by atoms with E-state index in [1.165, 1.54) is 12.8 Å². The highest BCUT2D eigenvalue weighted by molar-refractivity contribution is 9.11. The van der Waals surface area contributed by atoms with Crippen molar-refractivity contribution in [3.63, 3.8) is 0 Å². The molecule has 0 spiro atoms. The van der Waals surface area contributed by atoms with Crippen LogP contribution in [0.25, 0.3) is 0 Å². The Morgan fingerprint density at radius 2 is 2.38 bits per heavy atom. The Balaban J connectivity index is 2.47. The molecule has 2 atom stereocenters. The Morgan fingerprint density at radius 3 is 2.92 bits per heavy atom. The molecule has 2 unspecified atom stereocenters. The van der Waals surface area contributed by atoms with E-state index in [1.54, 1.807) is 0 Å². The minimum atomic E-state index is 0.554. The Kier molecular flexibility index (Phi) is 4.42. The van der Waals surface area contributed by atoms with Crippen LogP contribution in [-0.4, -0.2) is 30.6 Å². The van der Waals surface area contributed by atoms with Crippen LogP contribution in [0.3, 0.4) is 0 Å². The lowest BCUT2D eigenvalue weighted by Crippen LogP contribution is -2.46. The van der Waals surface area contributed by atoms with Crippen LogP contribution in [-0.2, 0) is 0 Å². The molecule has 1 saturated heterocycles. The molecule has 2 N–H and O–H groups in total. The predicted octanol–water partition coefficient (Wildman–Crippen LogP) is 1.95. The van der Waals surface area contributed by atoms with E-state index in [1.807, 2.05) is 0 Å². The maximum atomic E-state index is 5.74. The normalized spacial score (nSPS) is 30.4. The van der Waals surface area contributed by atoms with E-state index in [9.17, 15) is 0 Å². The van der Waals surface area contributed by atoms with E-state index < -0.39 is 0 Å². The van der Waals surface area contributed by atoms with Gasteiger partial charge in [0.05, 0.1) is 0 Å². The fourth-order valence-electron chi connectivity index (χ4n) is 1.97. The molecule has 76 valence electrons. The highest BCUT2D eigenvalue weighted by Gasteiger charge is 2.24. The molecule has 1 rings (SSSR count). The maximum Gasteiger partial charge on any atom is 0.0297 e. The summed E-state index contributed by atoms with van der Waals surface area (Å²) in [7, 11) is 0. The van der Waals surface area contributed by atoms with Gasteiger partial charge >= 0.3 is 0 Å². The molecule has 0 aromatic heterocycles. The van der Waals surface area contributed by atoms with Crippen molar-refractivity contribution in [2.24, 2.45) is 11.7 Å². The van der Waals surface area contributed by atoms with Crippen LogP contribution in [0.15, 0.2) is 11.1 Å². The van der Waals surface area contributed by atoms with Crippen LogP contribution < -0.4 is 5.73 Å². The van der Waals surface area contributed by atoms with Gasteiger partial charge in [0.1, 0.15) is 0 Å². The molecule has 0 radical (unpaired) electrons. The van der Waals surface area contributed by atoms with Gasteiger partial charge in [0.15, 0.2) is 0 Å². The molecule has 2 nitrogen and oxygen atoms in total. The number of hydrogen-bond acceptors (Lipinski definition) is 2. The van der Waals surface area contributed by atoms with E-state index in [4.69, 9.17) is 5.73 Å². The maximum absolute atomic E-state index is 5.74. The third-order valence-electron chi connectivity index (χ3n) is 2.75. The number of nitrogens with zero attached hydrogens (tertiary/aromatic N) is 1. The lowest BCUT2D eigenvalue weighted by Gasteiger charge is -2.37. The summed E-state index contributed by atoms with van der Waals surface area (Å²) in [5.41, 5.74) is 5.74. The Hall–Kier alpha value is 0.140. The molecule has 13 heavy (non-hydrogen) atoms. The topological polar surface area (TPSA) is 29.3 Å². The largest absolute Gasteiger partial charge is 0.329 e. The molecule has 0 aromatic carbocycles. The van der Waals surface area contributed by atoms with E-state index in [-0.39, 0.29) is 0 Å². The quantitative estimate of drug-likeness (QED) is 0.826. The first-order valence-electron chi connectivity index (χ1n) is 4.91. The van der Waals surface area contributed by atoms with Crippen LogP contribution in [0.5, 0.6) is 0 Å². The van der Waals surface area contributed by atoms with Crippen molar-refractivity contribution in [2.45, 2.75) is 25.8 Å². The molecule has 0 saturated carbocycles. The molecule has 1 aliphatic heterocycles. The average molecular weight is 247 g/mol. The average Bonchev–Trinajstić information content (AvgIpc) is 2.07. The second-order valence-electron chi connectivity index (χ2n) is 4.01. The van der Waals surface area contributed by atoms with Crippen LogP contribution in [0.4, 0.5) is 0 Å². The zero-order valence-electron chi connectivity index (χ0n) is 8.30. The van der Waals surface area contributed by atoms with Gasteiger partial charge in [-0.2, -0.15) is 0 Å². The summed E-state index contributed by atoms with van der Waals surface area (Å²) in [4.78, 5) is 2.43. The number of rotatable bonds is 3. The summed E-state index contributed by atoms with van der Waals surface area (Å²) in [6.45, 7) is 9.05. The number of halogens is 1. The summed E-state index contributed by atoms with van der Waals surface area (Å²) in [6.07, 6.45) is 2.52. The van der Waals surface area contributed by atoms with Crippen molar-refractivity contribution in [3.8, 4) is 0 Å². The Labute approximate surface area is 89.3 Å². The van der Waals surface area contributed by atoms with Crippen molar-refractivity contribution in [1.82, 2.24) is 4.90 Å². The van der Waals surface area contributed by atoms with Gasteiger partial charge in [0.2, 0.25) is 0 Å². The fraction of sp³-hybridized carbons (Fsp3) is 0.800. The third kappa shape index (κ3) is 3.41. The van der Waals surface area contributed by atoms with Gasteiger partial charge in [-0.3, -0.25) is 4.90 Å². The van der Waals surface area contributed by atoms with Crippen molar-refractivity contribution >= 4 is 15.9 Å². The van der Waals surface area contributed by atoms with Crippen molar-refractivity contribution in [2.75, 3.05) is 19.6 Å². The monoisotopic (exact) mass is 246 g/mol. The van der Waals surface area contributed by atoms with E-state index in [2.05, 4.69) is 34.3 Å². The zero-order chi connectivity index (χ0) is 9.84. The minimum Gasteiger partial charge on any atom is -0.329 e. The highest BCUT2D eigenvalue weighted by Crippen LogP contribution is 2.23. The smallest absolute Gasteiger partial charge is 0.0297 e. The molecule has 3 heteroatoms. The summed E-state index contributed by atoms with van der Waals surface area (Å²) >= 11 is 3.40. The van der Waals surface area contributed by atoms with Crippen LogP contribution in [0, 0.1) is 5.92 Å². The van der Waals surface area contributed by atoms with Crippen LogP contribution >= 0.6 is 15.9 Å². The Bertz CT molecular complexity index is 182. The fourth-order valence-corrected chi connectivity index (χ4v) is 2.30. The molecule has 0 amide bonds. The minimum absolute atomic E-state index is 0.554. The van der Waals surface area contributed by atoms with Crippen molar-refractivity contribution in [3.05, 3.63) is 11.1 Å².